The Morgan fingerprint density at radius 3 is 2.80 bits per heavy atom. The van der Waals surface area contributed by atoms with Crippen molar-refractivity contribution in [2.45, 2.75) is 37.5 Å². The molecule has 4 atom stereocenters. The molecule has 3 aliphatic heterocycles. The Hall–Kier alpha value is -4.43. The third-order valence-electron chi connectivity index (χ3n) is 8.41. The number of nitrogens with zero attached hydrogens (tertiary/aromatic N) is 5. The molecule has 0 bridgehead atoms. The van der Waals surface area contributed by atoms with E-state index in [1.54, 1.807) is 13.3 Å². The van der Waals surface area contributed by atoms with E-state index in [2.05, 4.69) is 46.6 Å². The Labute approximate surface area is 237 Å². The van der Waals surface area contributed by atoms with Gasteiger partial charge >= 0.3 is 6.03 Å². The summed E-state index contributed by atoms with van der Waals surface area (Å²) in [7, 11) is 1.55. The predicted molar refractivity (Wildman–Crippen MR) is 151 cm³/mol. The summed E-state index contributed by atoms with van der Waals surface area (Å²) in [5.41, 5.74) is 2.87. The van der Waals surface area contributed by atoms with Gasteiger partial charge in [-0.15, -0.1) is 0 Å². The zero-order valence-electron chi connectivity index (χ0n) is 22.6. The third-order valence-corrected chi connectivity index (χ3v) is 8.41. The molecule has 41 heavy (non-hydrogen) atoms. The van der Waals surface area contributed by atoms with E-state index < -0.39 is 6.04 Å². The summed E-state index contributed by atoms with van der Waals surface area (Å²) in [6.45, 7) is 1.15. The van der Waals surface area contributed by atoms with Gasteiger partial charge in [0.15, 0.2) is 0 Å². The number of furan rings is 1. The largest absolute Gasteiger partial charge is 0.464 e. The van der Waals surface area contributed by atoms with Gasteiger partial charge in [-0.3, -0.25) is 4.79 Å². The van der Waals surface area contributed by atoms with E-state index in [-0.39, 0.29) is 37.0 Å². The molecule has 3 fully saturated rings. The summed E-state index contributed by atoms with van der Waals surface area (Å²) in [6, 6.07) is 23.5. The molecule has 3 saturated heterocycles. The summed E-state index contributed by atoms with van der Waals surface area (Å²) in [4.78, 5) is 31.3. The van der Waals surface area contributed by atoms with Crippen LogP contribution in [0.3, 0.4) is 0 Å². The predicted octanol–water partition coefficient (Wildman–Crippen LogP) is 3.29. The molecule has 2 unspecified atom stereocenters. The first kappa shape index (κ1) is 25.5. The Bertz CT molecular complexity index is 1670. The van der Waals surface area contributed by atoms with Crippen molar-refractivity contribution in [3.63, 3.8) is 0 Å². The number of nitriles is 1. The zero-order chi connectivity index (χ0) is 28.1. The quantitative estimate of drug-likeness (QED) is 0.290. The minimum absolute atomic E-state index is 0.0179. The number of piperazine rings is 1. The summed E-state index contributed by atoms with van der Waals surface area (Å²) in [5.74, 6) is 0.0179. The molecule has 4 heterocycles. The molecule has 0 saturated carbocycles. The van der Waals surface area contributed by atoms with Crippen molar-refractivity contribution in [2.75, 3.05) is 26.7 Å². The smallest absolute Gasteiger partial charge is 0.332 e. The minimum atomic E-state index is -0.514. The van der Waals surface area contributed by atoms with Crippen LogP contribution < -0.4 is 5.32 Å². The van der Waals surface area contributed by atoms with Gasteiger partial charge < -0.3 is 19.4 Å². The fourth-order valence-corrected chi connectivity index (χ4v) is 6.43. The fourth-order valence-electron chi connectivity index (χ4n) is 6.43. The first-order valence-electron chi connectivity index (χ1n) is 13.8. The second kappa shape index (κ2) is 10.2. The first-order chi connectivity index (χ1) is 20.1. The van der Waals surface area contributed by atoms with E-state index in [9.17, 15) is 14.9 Å². The van der Waals surface area contributed by atoms with Crippen LogP contribution in [-0.2, 0) is 22.5 Å². The van der Waals surface area contributed by atoms with Crippen LogP contribution in [0.1, 0.15) is 11.1 Å². The highest BCUT2D eigenvalue weighted by Gasteiger charge is 2.60. The Morgan fingerprint density at radius 1 is 1.10 bits per heavy atom. The summed E-state index contributed by atoms with van der Waals surface area (Å²) < 4.78 is 11.6. The number of epoxide rings is 1. The molecule has 3 amide bonds. The van der Waals surface area contributed by atoms with Crippen LogP contribution in [0.25, 0.3) is 21.7 Å². The third kappa shape index (κ3) is 4.48. The normalized spacial score (nSPS) is 24.1. The van der Waals surface area contributed by atoms with E-state index in [0.29, 0.717) is 26.1 Å². The van der Waals surface area contributed by atoms with Crippen molar-refractivity contribution in [3.05, 3.63) is 84.1 Å². The van der Waals surface area contributed by atoms with Gasteiger partial charge in [-0.2, -0.15) is 10.3 Å². The van der Waals surface area contributed by atoms with Crippen LogP contribution in [0.4, 0.5) is 4.79 Å². The highest BCUT2D eigenvalue weighted by Crippen LogP contribution is 2.41. The standard InChI is InChI=1S/C31H30N6O4/c1-33-31(39)35(13-12-32)36-18-27-30(41-27)37-25(16-20-9-10-26-22(15-20)11-14-40-26)29(38)34(19-28(36)37)17-23-7-4-6-21-5-2-3-8-24(21)23/h2-11,14-15,25,27-28,30H,13,16-19H2,1H3,(H,33,39)/t25-,27?,28+,30?/m0/s1. The van der Waals surface area contributed by atoms with Gasteiger partial charge in [0.25, 0.3) is 0 Å². The Morgan fingerprint density at radius 2 is 1.95 bits per heavy atom. The second-order valence-corrected chi connectivity index (χ2v) is 10.8. The van der Waals surface area contributed by atoms with Crippen LogP contribution in [0.5, 0.6) is 0 Å². The number of carbonyl (C=O) groups is 2. The van der Waals surface area contributed by atoms with Gasteiger partial charge in [-0.1, -0.05) is 48.5 Å². The molecule has 208 valence electrons. The number of fused-ring (bicyclic) bond motifs is 5. The lowest BCUT2D eigenvalue weighted by atomic mass is 9.96. The maximum Gasteiger partial charge on any atom is 0.332 e. The van der Waals surface area contributed by atoms with Gasteiger partial charge in [0, 0.05) is 19.0 Å². The van der Waals surface area contributed by atoms with Crippen LogP contribution in [0.15, 0.2) is 77.4 Å². The molecule has 7 rings (SSSR count). The number of carbonyl (C=O) groups excluding carboxylic acids is 2. The average molecular weight is 551 g/mol. The lowest BCUT2D eigenvalue weighted by Gasteiger charge is -2.53. The van der Waals surface area contributed by atoms with Crippen molar-refractivity contribution < 1.29 is 18.7 Å². The lowest BCUT2D eigenvalue weighted by Crippen LogP contribution is -2.73. The van der Waals surface area contributed by atoms with E-state index in [1.165, 1.54) is 5.01 Å². The monoisotopic (exact) mass is 550 g/mol. The topological polar surface area (TPSA) is 109 Å². The second-order valence-electron chi connectivity index (χ2n) is 10.8. The van der Waals surface area contributed by atoms with Crippen molar-refractivity contribution in [3.8, 4) is 6.07 Å². The summed E-state index contributed by atoms with van der Waals surface area (Å²) >= 11 is 0. The zero-order valence-corrected chi connectivity index (χ0v) is 22.6. The van der Waals surface area contributed by atoms with Gasteiger partial charge in [-0.25, -0.2) is 14.7 Å². The fraction of sp³-hybridized carbons (Fsp3) is 0.323. The number of hydrazine groups is 1. The van der Waals surface area contributed by atoms with Crippen molar-refractivity contribution in [1.82, 2.24) is 25.1 Å². The van der Waals surface area contributed by atoms with E-state index in [0.717, 1.165) is 32.9 Å². The van der Waals surface area contributed by atoms with E-state index in [4.69, 9.17) is 9.15 Å². The molecule has 4 aromatic rings. The molecule has 1 N–H and O–H groups in total. The summed E-state index contributed by atoms with van der Waals surface area (Å²) in [5, 5.41) is 18.8. The molecule has 1 aromatic heterocycles. The van der Waals surface area contributed by atoms with Gasteiger partial charge in [0.05, 0.1) is 31.5 Å². The number of hydrogen-bond donors (Lipinski definition) is 1. The SMILES string of the molecule is CNC(=O)N(CC#N)N1CC2OC2N2[C@@H](Cc3ccc4occc4c3)C(=O)N(Cc3cccc4ccccc34)C[C@@H]21. The molecule has 3 aliphatic rings. The number of ether oxygens (including phenoxy) is 1. The lowest BCUT2D eigenvalue weighted by molar-refractivity contribution is -0.174. The number of amides is 3. The Balaban J connectivity index is 1.28. The number of rotatable bonds is 6. The molecule has 0 aliphatic carbocycles. The molecular weight excluding hydrogens is 520 g/mol. The molecule has 3 aromatic carbocycles. The average Bonchev–Trinajstić information content (AvgIpc) is 3.63. The van der Waals surface area contributed by atoms with E-state index >= 15 is 0 Å². The molecule has 10 nitrogen and oxygen atoms in total. The first-order valence-corrected chi connectivity index (χ1v) is 13.8. The van der Waals surface area contributed by atoms with Crippen LogP contribution in [0.2, 0.25) is 0 Å². The Kier molecular flexibility index (Phi) is 6.35. The number of benzene rings is 3. The van der Waals surface area contributed by atoms with Gasteiger partial charge in [0.1, 0.15) is 30.6 Å². The molecule has 0 spiro atoms. The number of urea groups is 1. The van der Waals surface area contributed by atoms with Gasteiger partial charge in [-0.05, 0) is 46.5 Å². The molecule has 10 heteroatoms. The molecule has 0 radical (unpaired) electrons. The van der Waals surface area contributed by atoms with Crippen LogP contribution >= 0.6 is 0 Å². The minimum Gasteiger partial charge on any atom is -0.464 e. The van der Waals surface area contributed by atoms with E-state index in [1.807, 2.05) is 46.3 Å². The van der Waals surface area contributed by atoms with Crippen LogP contribution in [0, 0.1) is 11.3 Å². The maximum absolute atomic E-state index is 14.3. The molecular formula is C31H30N6O4. The van der Waals surface area contributed by atoms with Crippen molar-refractivity contribution in [2.24, 2.45) is 0 Å². The number of hydrogen-bond acceptors (Lipinski definition) is 7. The maximum atomic E-state index is 14.3. The highest BCUT2D eigenvalue weighted by atomic mass is 16.6. The van der Waals surface area contributed by atoms with Gasteiger partial charge in [0.2, 0.25) is 5.91 Å². The van der Waals surface area contributed by atoms with Crippen molar-refractivity contribution >= 4 is 33.7 Å². The summed E-state index contributed by atoms with van der Waals surface area (Å²) in [6.07, 6.45) is 1.43. The number of nitrogens with one attached hydrogen (secondary N) is 1. The van der Waals surface area contributed by atoms with Crippen LogP contribution in [-0.4, -0.2) is 83.0 Å². The highest BCUT2D eigenvalue weighted by molar-refractivity contribution is 5.87. The van der Waals surface area contributed by atoms with Crippen molar-refractivity contribution in [1.29, 1.82) is 5.26 Å².